The summed E-state index contributed by atoms with van der Waals surface area (Å²) in [5.74, 6) is 0. The molecule has 0 radical (unpaired) electrons. The van der Waals surface area contributed by atoms with E-state index in [-0.39, 0.29) is 18.0 Å². The molecule has 0 aliphatic rings. The van der Waals surface area contributed by atoms with Crippen LogP contribution in [0.2, 0.25) is 5.02 Å². The summed E-state index contributed by atoms with van der Waals surface area (Å²) < 4.78 is 1.75. The normalized spacial score (nSPS) is 11.0. The number of hydrogen-bond acceptors (Lipinski definition) is 3. The number of pyridine rings is 1. The third kappa shape index (κ3) is 2.52. The minimum Gasteiger partial charge on any atom is -0.330 e. The highest BCUT2D eigenvalue weighted by Gasteiger charge is 2.15. The van der Waals surface area contributed by atoms with Crippen LogP contribution < -0.4 is 11.3 Å². The summed E-state index contributed by atoms with van der Waals surface area (Å²) in [4.78, 5) is 12.6. The van der Waals surface area contributed by atoms with Crippen molar-refractivity contribution in [3.05, 3.63) is 39.3 Å². The van der Waals surface area contributed by atoms with E-state index in [4.69, 9.17) is 17.3 Å². The summed E-state index contributed by atoms with van der Waals surface area (Å²) in [5.41, 5.74) is 7.82. The number of fused-ring (bicyclic) bond motifs is 3. The molecule has 5 nitrogen and oxygen atoms in total. The average Bonchev–Trinajstić information content (AvgIpc) is 2.82. The first kappa shape index (κ1) is 15.8. The zero-order valence-corrected chi connectivity index (χ0v) is 13.1. The Morgan fingerprint density at radius 3 is 2.90 bits per heavy atom. The van der Waals surface area contributed by atoms with Crippen LogP contribution in [0.4, 0.5) is 0 Å². The predicted molar refractivity (Wildman–Crippen MR) is 88.5 cm³/mol. The van der Waals surface area contributed by atoms with Gasteiger partial charge in [0.2, 0.25) is 0 Å². The molecule has 0 aliphatic carbocycles. The Kier molecular flexibility index (Phi) is 4.56. The molecule has 0 atom stereocenters. The van der Waals surface area contributed by atoms with E-state index >= 15 is 0 Å². The van der Waals surface area contributed by atoms with Gasteiger partial charge < -0.3 is 10.3 Å². The van der Waals surface area contributed by atoms with E-state index in [1.165, 1.54) is 0 Å². The lowest BCUT2D eigenvalue weighted by Gasteiger charge is -2.11. The lowest BCUT2D eigenvalue weighted by molar-refractivity contribution is 0.654. The fraction of sp³-hybridized carbons (Fsp3) is 0.286. The first-order chi connectivity index (χ1) is 9.63. The Bertz CT molecular complexity index is 853. The topological polar surface area (TPSA) is 76.7 Å². The van der Waals surface area contributed by atoms with Crippen LogP contribution in [0.15, 0.2) is 23.0 Å². The number of aromatic nitrogens is 3. The number of halogens is 2. The molecule has 3 N–H and O–H groups in total. The number of nitrogens with one attached hydrogen (secondary N) is 1. The number of aromatic amines is 1. The van der Waals surface area contributed by atoms with Gasteiger partial charge in [-0.05, 0) is 38.1 Å². The van der Waals surface area contributed by atoms with Crippen molar-refractivity contribution in [2.75, 3.05) is 6.54 Å². The molecular weight excluding hydrogens is 311 g/mol. The van der Waals surface area contributed by atoms with Crippen LogP contribution in [0.1, 0.15) is 12.1 Å². The fourth-order valence-electron chi connectivity index (χ4n) is 2.53. The summed E-state index contributed by atoms with van der Waals surface area (Å²) >= 11 is 6.08. The van der Waals surface area contributed by atoms with Crippen LogP contribution in [0.3, 0.4) is 0 Å². The van der Waals surface area contributed by atoms with Crippen LogP contribution in [0, 0.1) is 6.92 Å². The second-order valence-electron chi connectivity index (χ2n) is 4.83. The Morgan fingerprint density at radius 2 is 2.19 bits per heavy atom. The molecule has 0 bridgehead atoms. The third-order valence-electron chi connectivity index (χ3n) is 3.50. The van der Waals surface area contributed by atoms with Gasteiger partial charge in [0, 0.05) is 22.6 Å². The van der Waals surface area contributed by atoms with Gasteiger partial charge in [0.05, 0.1) is 10.9 Å². The van der Waals surface area contributed by atoms with Crippen LogP contribution >= 0.6 is 24.0 Å². The van der Waals surface area contributed by atoms with E-state index in [0.717, 1.165) is 23.0 Å². The lowest BCUT2D eigenvalue weighted by atomic mass is 10.1. The summed E-state index contributed by atoms with van der Waals surface area (Å²) in [5, 5.41) is 9.26. The van der Waals surface area contributed by atoms with Crippen LogP contribution in [-0.4, -0.2) is 21.3 Å². The van der Waals surface area contributed by atoms with Crippen molar-refractivity contribution in [1.29, 1.82) is 0 Å². The van der Waals surface area contributed by atoms with Crippen molar-refractivity contribution < 1.29 is 0 Å². The van der Waals surface area contributed by atoms with Gasteiger partial charge in [0.1, 0.15) is 5.52 Å². The zero-order valence-electron chi connectivity index (χ0n) is 11.5. The van der Waals surface area contributed by atoms with E-state index in [2.05, 4.69) is 10.2 Å². The number of aryl methyl sites for hydroxylation is 2. The van der Waals surface area contributed by atoms with E-state index in [1.807, 2.05) is 19.1 Å². The van der Waals surface area contributed by atoms with Gasteiger partial charge in [0.25, 0.3) is 5.56 Å². The van der Waals surface area contributed by atoms with E-state index in [9.17, 15) is 4.79 Å². The molecule has 112 valence electrons. The Labute approximate surface area is 132 Å². The lowest BCUT2D eigenvalue weighted by Crippen LogP contribution is -2.22. The maximum Gasteiger partial charge on any atom is 0.262 e. The quantitative estimate of drug-likeness (QED) is 0.776. The van der Waals surface area contributed by atoms with Crippen molar-refractivity contribution in [2.45, 2.75) is 19.9 Å². The van der Waals surface area contributed by atoms with Gasteiger partial charge in [-0.2, -0.15) is 5.10 Å². The second-order valence-corrected chi connectivity index (χ2v) is 5.27. The number of rotatable bonds is 3. The molecule has 2 aromatic heterocycles. The minimum atomic E-state index is -0.0328. The van der Waals surface area contributed by atoms with Crippen molar-refractivity contribution in [3.63, 3.8) is 0 Å². The summed E-state index contributed by atoms with van der Waals surface area (Å²) in [6.07, 6.45) is 0.750. The number of benzene rings is 1. The van der Waals surface area contributed by atoms with Gasteiger partial charge in [0.15, 0.2) is 0 Å². The molecule has 21 heavy (non-hydrogen) atoms. The molecule has 3 rings (SSSR count). The first-order valence-corrected chi connectivity index (χ1v) is 6.88. The highest BCUT2D eigenvalue weighted by atomic mass is 35.5. The van der Waals surface area contributed by atoms with Crippen molar-refractivity contribution in [1.82, 2.24) is 14.8 Å². The zero-order chi connectivity index (χ0) is 14.3. The molecule has 7 heteroatoms. The molecule has 0 amide bonds. The fourth-order valence-corrected chi connectivity index (χ4v) is 2.71. The summed E-state index contributed by atoms with van der Waals surface area (Å²) in [6.45, 7) is 2.98. The second kappa shape index (κ2) is 6.05. The van der Waals surface area contributed by atoms with Crippen LogP contribution in [0.5, 0.6) is 0 Å². The van der Waals surface area contributed by atoms with Crippen molar-refractivity contribution in [3.8, 4) is 0 Å². The van der Waals surface area contributed by atoms with Gasteiger partial charge in [-0.1, -0.05) is 11.6 Å². The van der Waals surface area contributed by atoms with E-state index < -0.39 is 0 Å². The molecule has 0 aliphatic heterocycles. The number of hydrogen-bond donors (Lipinski definition) is 2. The van der Waals surface area contributed by atoms with Crippen molar-refractivity contribution in [2.24, 2.45) is 5.73 Å². The monoisotopic (exact) mass is 326 g/mol. The highest BCUT2D eigenvalue weighted by Crippen LogP contribution is 2.25. The maximum absolute atomic E-state index is 12.6. The molecule has 3 aromatic rings. The predicted octanol–water partition coefficient (Wildman–Crippen LogP) is 2.61. The minimum absolute atomic E-state index is 0. The maximum atomic E-state index is 12.6. The van der Waals surface area contributed by atoms with Gasteiger partial charge >= 0.3 is 0 Å². The highest BCUT2D eigenvalue weighted by molar-refractivity contribution is 6.31. The van der Waals surface area contributed by atoms with Gasteiger partial charge in [-0.25, -0.2) is 0 Å². The van der Waals surface area contributed by atoms with E-state index in [0.29, 0.717) is 29.0 Å². The molecule has 0 unspecified atom stereocenters. The van der Waals surface area contributed by atoms with E-state index in [1.54, 1.807) is 10.6 Å². The largest absolute Gasteiger partial charge is 0.330 e. The molecule has 0 saturated heterocycles. The first-order valence-electron chi connectivity index (χ1n) is 6.50. The SMILES string of the molecule is Cc1[nH]nc2c1c(=O)n(CCCN)c1ccc(Cl)cc21.Cl. The summed E-state index contributed by atoms with van der Waals surface area (Å²) in [7, 11) is 0. The molecule has 1 aromatic carbocycles. The molecule has 0 fully saturated rings. The third-order valence-corrected chi connectivity index (χ3v) is 3.73. The molecular formula is C14H16Cl2N4O. The number of nitrogens with two attached hydrogens (primary N) is 1. The molecule has 0 spiro atoms. The van der Waals surface area contributed by atoms with Gasteiger partial charge in [-0.15, -0.1) is 12.4 Å². The van der Waals surface area contributed by atoms with Crippen LogP contribution in [0.25, 0.3) is 21.8 Å². The average molecular weight is 327 g/mol. The number of H-pyrrole nitrogens is 1. The van der Waals surface area contributed by atoms with Gasteiger partial charge in [-0.3, -0.25) is 9.89 Å². The molecule has 2 heterocycles. The Hall–Kier alpha value is -1.56. The van der Waals surface area contributed by atoms with Crippen molar-refractivity contribution >= 4 is 45.8 Å². The van der Waals surface area contributed by atoms with Crippen LogP contribution in [-0.2, 0) is 6.54 Å². The summed E-state index contributed by atoms with van der Waals surface area (Å²) in [6, 6.07) is 5.49. The molecule has 0 saturated carbocycles. The standard InChI is InChI=1S/C14H15ClN4O.ClH/c1-8-12-13(18-17-8)10-7-9(15)3-4-11(10)19(14(12)20)6-2-5-16;/h3-4,7H,2,5-6,16H2,1H3,(H,17,18);1H. The number of nitrogens with zero attached hydrogens (tertiary/aromatic N) is 2. The smallest absolute Gasteiger partial charge is 0.262 e. The Morgan fingerprint density at radius 1 is 1.43 bits per heavy atom. The Balaban J connectivity index is 0.00000161.